The van der Waals surface area contributed by atoms with Gasteiger partial charge in [0.1, 0.15) is 11.3 Å². The van der Waals surface area contributed by atoms with E-state index in [1.165, 1.54) is 0 Å². The number of piperidine rings is 1. The van der Waals surface area contributed by atoms with Crippen molar-refractivity contribution in [2.75, 3.05) is 31.6 Å². The van der Waals surface area contributed by atoms with Gasteiger partial charge in [-0.1, -0.05) is 0 Å². The van der Waals surface area contributed by atoms with Gasteiger partial charge in [0, 0.05) is 56.3 Å². The number of nitrogens with zero attached hydrogens (tertiary/aromatic N) is 4. The number of oxazole rings is 1. The van der Waals surface area contributed by atoms with E-state index < -0.39 is 0 Å². The summed E-state index contributed by atoms with van der Waals surface area (Å²) in [5.41, 5.74) is 3.84. The second kappa shape index (κ2) is 7.42. The summed E-state index contributed by atoms with van der Waals surface area (Å²) in [4.78, 5) is 21.6. The molecule has 4 heterocycles. The molecule has 0 spiro atoms. The van der Waals surface area contributed by atoms with Gasteiger partial charge in [0.15, 0.2) is 5.58 Å². The number of benzene rings is 1. The molecular weight excluding hydrogens is 370 g/mol. The van der Waals surface area contributed by atoms with Gasteiger partial charge in [-0.25, -0.2) is 0 Å². The Morgan fingerprint density at radius 3 is 3.21 bits per heavy atom. The second-order valence-electron chi connectivity index (χ2n) is 7.93. The van der Waals surface area contributed by atoms with E-state index in [-0.39, 0.29) is 5.91 Å². The maximum absolute atomic E-state index is 12.9. The fourth-order valence-electron chi connectivity index (χ4n) is 4.37. The van der Waals surface area contributed by atoms with Crippen molar-refractivity contribution in [2.24, 2.45) is 5.92 Å². The van der Waals surface area contributed by atoms with Gasteiger partial charge in [-0.15, -0.1) is 0 Å². The Labute approximate surface area is 168 Å². The summed E-state index contributed by atoms with van der Waals surface area (Å²) in [6.07, 6.45) is 5.34. The molecule has 2 aliphatic rings. The van der Waals surface area contributed by atoms with Crippen LogP contribution in [0.25, 0.3) is 11.1 Å². The predicted molar refractivity (Wildman–Crippen MR) is 108 cm³/mol. The van der Waals surface area contributed by atoms with Crippen molar-refractivity contribution in [3.63, 3.8) is 0 Å². The van der Waals surface area contributed by atoms with E-state index in [9.17, 15) is 4.79 Å². The number of carbonyl (C=O) groups is 1. The first-order valence-corrected chi connectivity index (χ1v) is 10.2. The standard InChI is InChI=1S/C21H25N5O3/c1-28-16-4-5-19-18(10-16)23-21(29-19)26-7-2-3-14(12-26)9-20(27)25-8-6-17-15(13-25)11-22-24-17/h4-5,10-11,14H,2-3,6-9,12-13H2,1H3,(H,22,24). The Hall–Kier alpha value is -3.03. The van der Waals surface area contributed by atoms with Crippen LogP contribution in [0.3, 0.4) is 0 Å². The van der Waals surface area contributed by atoms with Crippen molar-refractivity contribution in [2.45, 2.75) is 32.2 Å². The first-order valence-electron chi connectivity index (χ1n) is 10.2. The summed E-state index contributed by atoms with van der Waals surface area (Å²) >= 11 is 0. The lowest BCUT2D eigenvalue weighted by Gasteiger charge is -2.33. The van der Waals surface area contributed by atoms with E-state index in [4.69, 9.17) is 9.15 Å². The third-order valence-electron chi connectivity index (χ3n) is 5.99. The van der Waals surface area contributed by atoms with Crippen LogP contribution in [0.1, 0.15) is 30.5 Å². The molecule has 1 atom stereocenters. The van der Waals surface area contributed by atoms with Crippen molar-refractivity contribution in [1.82, 2.24) is 20.1 Å². The first-order chi connectivity index (χ1) is 14.2. The molecule has 8 nitrogen and oxygen atoms in total. The maximum Gasteiger partial charge on any atom is 0.298 e. The van der Waals surface area contributed by atoms with Gasteiger partial charge < -0.3 is 19.0 Å². The van der Waals surface area contributed by atoms with Gasteiger partial charge in [-0.3, -0.25) is 9.89 Å². The Morgan fingerprint density at radius 2 is 2.31 bits per heavy atom. The third-order valence-corrected chi connectivity index (χ3v) is 5.99. The van der Waals surface area contributed by atoms with Crippen molar-refractivity contribution >= 4 is 23.0 Å². The highest BCUT2D eigenvalue weighted by Crippen LogP contribution is 2.30. The quantitative estimate of drug-likeness (QED) is 0.731. The number of aromatic amines is 1. The Kier molecular flexibility index (Phi) is 4.61. The zero-order valence-electron chi connectivity index (χ0n) is 16.6. The fourth-order valence-corrected chi connectivity index (χ4v) is 4.37. The normalized spacial score (nSPS) is 19.4. The lowest BCUT2D eigenvalue weighted by molar-refractivity contribution is -0.133. The Bertz CT molecular complexity index is 1030. The minimum absolute atomic E-state index is 0.228. The highest BCUT2D eigenvalue weighted by molar-refractivity contribution is 5.77. The summed E-state index contributed by atoms with van der Waals surface area (Å²) < 4.78 is 11.2. The van der Waals surface area contributed by atoms with Crippen LogP contribution in [0.15, 0.2) is 28.8 Å². The molecule has 0 saturated carbocycles. The first kappa shape index (κ1) is 18.0. The van der Waals surface area contributed by atoms with Crippen LogP contribution in [-0.4, -0.2) is 52.7 Å². The molecule has 0 aliphatic carbocycles. The SMILES string of the molecule is COc1ccc2oc(N3CCCC(CC(=O)N4CCc5[nH]ncc5C4)C3)nc2c1. The molecule has 1 unspecified atom stereocenters. The summed E-state index contributed by atoms with van der Waals surface area (Å²) in [5, 5.41) is 7.11. The molecule has 1 saturated heterocycles. The van der Waals surface area contributed by atoms with Crippen LogP contribution in [0, 0.1) is 5.92 Å². The molecule has 1 N–H and O–H groups in total. The van der Waals surface area contributed by atoms with E-state index in [2.05, 4.69) is 20.1 Å². The molecular formula is C21H25N5O3. The minimum atomic E-state index is 0.228. The molecule has 1 amide bonds. The van der Waals surface area contributed by atoms with Gasteiger partial charge in [0.25, 0.3) is 6.01 Å². The molecule has 5 rings (SSSR count). The maximum atomic E-state index is 12.9. The van der Waals surface area contributed by atoms with Gasteiger partial charge in [0.2, 0.25) is 5.91 Å². The molecule has 3 aromatic rings. The monoisotopic (exact) mass is 395 g/mol. The van der Waals surface area contributed by atoms with Crippen LogP contribution >= 0.6 is 0 Å². The van der Waals surface area contributed by atoms with Gasteiger partial charge in [-0.2, -0.15) is 10.1 Å². The van der Waals surface area contributed by atoms with Crippen LogP contribution in [0.2, 0.25) is 0 Å². The fraction of sp³-hybridized carbons (Fsp3) is 0.476. The molecule has 0 radical (unpaired) electrons. The second-order valence-corrected chi connectivity index (χ2v) is 7.93. The molecule has 8 heteroatoms. The lowest BCUT2D eigenvalue weighted by Crippen LogP contribution is -2.40. The van der Waals surface area contributed by atoms with E-state index in [0.29, 0.717) is 24.9 Å². The summed E-state index contributed by atoms with van der Waals surface area (Å²) in [7, 11) is 1.64. The van der Waals surface area contributed by atoms with Gasteiger partial charge >= 0.3 is 0 Å². The van der Waals surface area contributed by atoms with Crippen LogP contribution in [0.4, 0.5) is 6.01 Å². The number of aromatic nitrogens is 3. The van der Waals surface area contributed by atoms with E-state index in [1.54, 1.807) is 7.11 Å². The molecule has 29 heavy (non-hydrogen) atoms. The Morgan fingerprint density at radius 1 is 1.38 bits per heavy atom. The summed E-state index contributed by atoms with van der Waals surface area (Å²) in [6.45, 7) is 3.11. The third kappa shape index (κ3) is 3.54. The molecule has 2 aliphatic heterocycles. The average molecular weight is 395 g/mol. The van der Waals surface area contributed by atoms with Crippen LogP contribution < -0.4 is 9.64 Å². The molecule has 152 valence electrons. The highest BCUT2D eigenvalue weighted by atomic mass is 16.5. The number of hydrogen-bond acceptors (Lipinski definition) is 6. The van der Waals surface area contributed by atoms with Gasteiger partial charge in [0.05, 0.1) is 13.3 Å². The minimum Gasteiger partial charge on any atom is -0.497 e. The zero-order chi connectivity index (χ0) is 19.8. The predicted octanol–water partition coefficient (Wildman–Crippen LogP) is 2.75. The zero-order valence-corrected chi connectivity index (χ0v) is 16.6. The van der Waals surface area contributed by atoms with Crippen molar-refractivity contribution in [3.05, 3.63) is 35.7 Å². The van der Waals surface area contributed by atoms with Crippen LogP contribution in [0.5, 0.6) is 5.75 Å². The number of ether oxygens (including phenoxy) is 1. The molecule has 1 fully saturated rings. The van der Waals surface area contributed by atoms with E-state index in [0.717, 1.165) is 67.0 Å². The van der Waals surface area contributed by atoms with Crippen molar-refractivity contribution < 1.29 is 13.9 Å². The topological polar surface area (TPSA) is 87.5 Å². The highest BCUT2D eigenvalue weighted by Gasteiger charge is 2.28. The number of H-pyrrole nitrogens is 1. The number of amides is 1. The average Bonchev–Trinajstić information content (AvgIpc) is 3.39. The van der Waals surface area contributed by atoms with E-state index in [1.807, 2.05) is 29.3 Å². The summed E-state index contributed by atoms with van der Waals surface area (Å²) in [6, 6.07) is 6.27. The number of carbonyl (C=O) groups excluding carboxylic acids is 1. The van der Waals surface area contributed by atoms with Crippen LogP contribution in [-0.2, 0) is 17.8 Å². The number of fused-ring (bicyclic) bond motifs is 2. The molecule has 2 aromatic heterocycles. The largest absolute Gasteiger partial charge is 0.497 e. The number of anilines is 1. The lowest BCUT2D eigenvalue weighted by atomic mass is 9.94. The van der Waals surface area contributed by atoms with E-state index >= 15 is 0 Å². The van der Waals surface area contributed by atoms with Crippen molar-refractivity contribution in [3.8, 4) is 5.75 Å². The number of nitrogens with one attached hydrogen (secondary N) is 1. The smallest absolute Gasteiger partial charge is 0.298 e. The number of methoxy groups -OCH3 is 1. The number of rotatable bonds is 4. The van der Waals surface area contributed by atoms with Crippen molar-refractivity contribution in [1.29, 1.82) is 0 Å². The molecule has 1 aromatic carbocycles. The summed E-state index contributed by atoms with van der Waals surface area (Å²) in [5.74, 6) is 1.30. The number of hydrogen-bond donors (Lipinski definition) is 1. The van der Waals surface area contributed by atoms with Gasteiger partial charge in [-0.05, 0) is 30.9 Å². The Balaban J connectivity index is 1.24. The molecule has 0 bridgehead atoms.